The van der Waals surface area contributed by atoms with E-state index in [0.717, 1.165) is 22.4 Å². The number of aryl methyl sites for hydroxylation is 2. The Bertz CT molecular complexity index is 1020. The third-order valence-electron chi connectivity index (χ3n) is 5.49. The number of ether oxygens (including phenoxy) is 2. The molecule has 2 aromatic rings. The highest BCUT2D eigenvalue weighted by atomic mass is 16.5. The summed E-state index contributed by atoms with van der Waals surface area (Å²) in [6.45, 7) is 9.13. The standard InChI is InChI=1S/C26H31NO5/c1-16(2)15-32-21-11-10-20(14-18(21)4)24(28)22-23(19-8-6-17(3)7-9-19)27(12-13-31-5)26(30)25(22)29/h6-11,14,16,23,28H,12-13,15H2,1-5H3/b24-22+/t23-/m0/s1. The topological polar surface area (TPSA) is 76.1 Å². The third kappa shape index (κ3) is 4.86. The van der Waals surface area contributed by atoms with Gasteiger partial charge < -0.3 is 19.5 Å². The molecule has 6 nitrogen and oxygen atoms in total. The number of Topliss-reactive ketones (excluding diaryl/α,β-unsaturated/α-hetero) is 1. The molecule has 1 saturated heterocycles. The SMILES string of the molecule is COCCN1C(=O)C(=O)/C(=C(/O)c2ccc(OCC(C)C)c(C)c2)[C@@H]1c1ccc(C)cc1. The van der Waals surface area contributed by atoms with E-state index in [-0.39, 0.29) is 24.5 Å². The van der Waals surface area contributed by atoms with Gasteiger partial charge in [-0.05, 0) is 49.1 Å². The van der Waals surface area contributed by atoms with Gasteiger partial charge in [0.2, 0.25) is 0 Å². The molecule has 1 N–H and O–H groups in total. The molecule has 3 rings (SSSR count). The number of ketones is 1. The van der Waals surface area contributed by atoms with E-state index in [1.54, 1.807) is 25.3 Å². The predicted octanol–water partition coefficient (Wildman–Crippen LogP) is 4.41. The van der Waals surface area contributed by atoms with Crippen molar-refractivity contribution in [1.82, 2.24) is 4.90 Å². The average Bonchev–Trinajstić information content (AvgIpc) is 3.01. The lowest BCUT2D eigenvalue weighted by Crippen LogP contribution is -2.32. The molecule has 0 unspecified atom stereocenters. The van der Waals surface area contributed by atoms with Gasteiger partial charge in [0.1, 0.15) is 11.5 Å². The summed E-state index contributed by atoms with van der Waals surface area (Å²) in [7, 11) is 1.54. The Hall–Kier alpha value is -3.12. The van der Waals surface area contributed by atoms with E-state index in [1.165, 1.54) is 4.90 Å². The number of hydrogen-bond donors (Lipinski definition) is 1. The maximum atomic E-state index is 13.0. The summed E-state index contributed by atoms with van der Waals surface area (Å²) >= 11 is 0. The van der Waals surface area contributed by atoms with Crippen LogP contribution in [0.4, 0.5) is 0 Å². The third-order valence-corrected chi connectivity index (χ3v) is 5.49. The molecule has 1 aliphatic rings. The van der Waals surface area contributed by atoms with E-state index in [2.05, 4.69) is 13.8 Å². The van der Waals surface area contributed by atoms with E-state index >= 15 is 0 Å². The van der Waals surface area contributed by atoms with Crippen molar-refractivity contribution >= 4 is 17.4 Å². The predicted molar refractivity (Wildman–Crippen MR) is 124 cm³/mol. The highest BCUT2D eigenvalue weighted by molar-refractivity contribution is 6.46. The Balaban J connectivity index is 2.06. The first-order valence-electron chi connectivity index (χ1n) is 10.8. The lowest BCUT2D eigenvalue weighted by molar-refractivity contribution is -0.140. The number of aliphatic hydroxyl groups excluding tert-OH is 1. The molecule has 2 aromatic carbocycles. The molecule has 1 fully saturated rings. The molecule has 6 heteroatoms. The molecule has 0 radical (unpaired) electrons. The van der Waals surface area contributed by atoms with Gasteiger partial charge >= 0.3 is 0 Å². The van der Waals surface area contributed by atoms with Crippen molar-refractivity contribution in [2.24, 2.45) is 5.92 Å². The van der Waals surface area contributed by atoms with Gasteiger partial charge in [-0.2, -0.15) is 0 Å². The van der Waals surface area contributed by atoms with E-state index < -0.39 is 17.7 Å². The summed E-state index contributed by atoms with van der Waals surface area (Å²) in [6, 6.07) is 12.2. The van der Waals surface area contributed by atoms with Crippen LogP contribution in [0.1, 0.15) is 42.1 Å². The maximum Gasteiger partial charge on any atom is 0.295 e. The van der Waals surface area contributed by atoms with Gasteiger partial charge in [0.05, 0.1) is 24.8 Å². The molecule has 0 aliphatic carbocycles. The first kappa shape index (κ1) is 23.5. The average molecular weight is 438 g/mol. The lowest BCUT2D eigenvalue weighted by atomic mass is 9.94. The minimum absolute atomic E-state index is 0.0882. The number of aliphatic hydroxyl groups is 1. The zero-order valence-corrected chi connectivity index (χ0v) is 19.3. The van der Waals surface area contributed by atoms with Crippen molar-refractivity contribution in [3.63, 3.8) is 0 Å². The zero-order chi connectivity index (χ0) is 23.4. The summed E-state index contributed by atoms with van der Waals surface area (Å²) < 4.78 is 11.0. The van der Waals surface area contributed by atoms with E-state index in [0.29, 0.717) is 18.1 Å². The number of benzene rings is 2. The second-order valence-corrected chi connectivity index (χ2v) is 8.58. The van der Waals surface area contributed by atoms with Crippen LogP contribution >= 0.6 is 0 Å². The second kappa shape index (κ2) is 10.0. The molecule has 0 bridgehead atoms. The van der Waals surface area contributed by atoms with Crippen molar-refractivity contribution in [2.75, 3.05) is 26.9 Å². The zero-order valence-electron chi connectivity index (χ0n) is 19.3. The van der Waals surface area contributed by atoms with Crippen molar-refractivity contribution in [3.05, 3.63) is 70.3 Å². The molecule has 0 spiro atoms. The summed E-state index contributed by atoms with van der Waals surface area (Å²) in [5.74, 6) is -0.400. The minimum Gasteiger partial charge on any atom is -0.507 e. The second-order valence-electron chi connectivity index (χ2n) is 8.58. The van der Waals surface area contributed by atoms with Crippen LogP contribution in [0.15, 0.2) is 48.0 Å². The molecule has 0 aromatic heterocycles. The Morgan fingerprint density at radius 3 is 2.38 bits per heavy atom. The Morgan fingerprint density at radius 1 is 1.09 bits per heavy atom. The number of amides is 1. The Kier molecular flexibility index (Phi) is 7.36. The van der Waals surface area contributed by atoms with Gasteiger partial charge in [0, 0.05) is 19.2 Å². The molecule has 1 amide bonds. The normalized spacial score (nSPS) is 17.9. The fourth-order valence-electron chi connectivity index (χ4n) is 3.77. The van der Waals surface area contributed by atoms with Crippen LogP contribution in [0.25, 0.3) is 5.76 Å². The molecule has 1 atom stereocenters. The van der Waals surface area contributed by atoms with Gasteiger partial charge in [0.15, 0.2) is 0 Å². The Labute approximate surface area is 189 Å². The number of methoxy groups -OCH3 is 1. The van der Waals surface area contributed by atoms with Crippen LogP contribution in [0.2, 0.25) is 0 Å². The van der Waals surface area contributed by atoms with Crippen LogP contribution in [-0.2, 0) is 14.3 Å². The molecule has 0 saturated carbocycles. The molecule has 1 aliphatic heterocycles. The number of carbonyl (C=O) groups is 2. The molecule has 32 heavy (non-hydrogen) atoms. The smallest absolute Gasteiger partial charge is 0.295 e. The number of carbonyl (C=O) groups excluding carboxylic acids is 2. The fraction of sp³-hybridized carbons (Fsp3) is 0.385. The molecular weight excluding hydrogens is 406 g/mol. The van der Waals surface area contributed by atoms with Crippen molar-refractivity contribution in [3.8, 4) is 5.75 Å². The quantitative estimate of drug-likeness (QED) is 0.376. The minimum atomic E-state index is -0.693. The number of likely N-dealkylation sites (tertiary alicyclic amines) is 1. The Morgan fingerprint density at radius 2 is 1.78 bits per heavy atom. The summed E-state index contributed by atoms with van der Waals surface area (Å²) in [5.41, 5.74) is 3.23. The first-order chi connectivity index (χ1) is 15.2. The number of hydrogen-bond acceptors (Lipinski definition) is 5. The van der Waals surface area contributed by atoms with E-state index in [9.17, 15) is 14.7 Å². The van der Waals surface area contributed by atoms with Gasteiger partial charge in [-0.3, -0.25) is 9.59 Å². The molecule has 1 heterocycles. The van der Waals surface area contributed by atoms with Gasteiger partial charge in [-0.1, -0.05) is 43.7 Å². The van der Waals surface area contributed by atoms with E-state index in [4.69, 9.17) is 9.47 Å². The van der Waals surface area contributed by atoms with Gasteiger partial charge in [-0.25, -0.2) is 0 Å². The first-order valence-corrected chi connectivity index (χ1v) is 10.8. The van der Waals surface area contributed by atoms with Crippen LogP contribution in [-0.4, -0.2) is 48.6 Å². The lowest BCUT2D eigenvalue weighted by Gasteiger charge is -2.25. The van der Waals surface area contributed by atoms with Crippen molar-refractivity contribution < 1.29 is 24.2 Å². The van der Waals surface area contributed by atoms with Gasteiger partial charge in [-0.15, -0.1) is 0 Å². The van der Waals surface area contributed by atoms with Crippen molar-refractivity contribution in [1.29, 1.82) is 0 Å². The van der Waals surface area contributed by atoms with Gasteiger partial charge in [0.25, 0.3) is 11.7 Å². The van der Waals surface area contributed by atoms with Crippen molar-refractivity contribution in [2.45, 2.75) is 33.7 Å². The number of nitrogens with zero attached hydrogens (tertiary/aromatic N) is 1. The molecule has 170 valence electrons. The summed E-state index contributed by atoms with van der Waals surface area (Å²) in [5, 5.41) is 11.2. The summed E-state index contributed by atoms with van der Waals surface area (Å²) in [6.07, 6.45) is 0. The highest BCUT2D eigenvalue weighted by Gasteiger charge is 2.45. The largest absolute Gasteiger partial charge is 0.507 e. The maximum absolute atomic E-state index is 13.0. The monoisotopic (exact) mass is 437 g/mol. The van der Waals surface area contributed by atoms with Crippen LogP contribution in [0, 0.1) is 19.8 Å². The summed E-state index contributed by atoms with van der Waals surface area (Å²) in [4.78, 5) is 27.3. The fourth-order valence-corrected chi connectivity index (χ4v) is 3.77. The molecular formula is C26H31NO5. The number of rotatable bonds is 8. The highest BCUT2D eigenvalue weighted by Crippen LogP contribution is 2.39. The van der Waals surface area contributed by atoms with E-state index in [1.807, 2.05) is 38.1 Å². The van der Waals surface area contributed by atoms with Crippen LogP contribution in [0.5, 0.6) is 5.75 Å². The van der Waals surface area contributed by atoms with Crippen LogP contribution < -0.4 is 4.74 Å². The van der Waals surface area contributed by atoms with Crippen LogP contribution in [0.3, 0.4) is 0 Å².